The molecule has 0 spiro atoms. The van der Waals surface area contributed by atoms with Gasteiger partial charge in [-0.25, -0.2) is 0 Å². The van der Waals surface area contributed by atoms with E-state index in [2.05, 4.69) is 10.3 Å². The smallest absolute Gasteiger partial charge is 0.252 e. The molecule has 0 aliphatic carbocycles. The van der Waals surface area contributed by atoms with Crippen LogP contribution in [0.4, 0.5) is 0 Å². The van der Waals surface area contributed by atoms with E-state index in [1.807, 2.05) is 6.92 Å². The molecule has 1 fully saturated rings. The molecule has 0 saturated carbocycles. The fourth-order valence-corrected chi connectivity index (χ4v) is 1.96. The summed E-state index contributed by atoms with van der Waals surface area (Å²) in [6.45, 7) is 2.56. The van der Waals surface area contributed by atoms with Gasteiger partial charge in [-0.15, -0.1) is 0 Å². The molecule has 6 heteroatoms. The Morgan fingerprint density at radius 3 is 2.95 bits per heavy atom. The van der Waals surface area contributed by atoms with Gasteiger partial charge in [-0.1, -0.05) is 0 Å². The van der Waals surface area contributed by atoms with Crippen LogP contribution in [0.1, 0.15) is 16.1 Å². The standard InChI is InChI=1S/C13H18N2O4/c1-8-2-3-9(4-14-8)13(18)15-5-10-6-19-7-11(16)12(10)17/h2-4,10-12,16-17H,5-7H2,1H3,(H,15,18)/t10-,11-,12+/m1/s1. The predicted octanol–water partition coefficient (Wildman–Crippen LogP) is -0.512. The van der Waals surface area contributed by atoms with Gasteiger partial charge in [0.2, 0.25) is 0 Å². The summed E-state index contributed by atoms with van der Waals surface area (Å²) in [6.07, 6.45) is -0.255. The van der Waals surface area contributed by atoms with Crippen LogP contribution in [-0.2, 0) is 4.74 Å². The first-order valence-electron chi connectivity index (χ1n) is 6.22. The first-order chi connectivity index (χ1) is 9.08. The largest absolute Gasteiger partial charge is 0.390 e. The highest BCUT2D eigenvalue weighted by Crippen LogP contribution is 2.14. The van der Waals surface area contributed by atoms with Gasteiger partial charge < -0.3 is 20.3 Å². The van der Waals surface area contributed by atoms with Crippen molar-refractivity contribution < 1.29 is 19.7 Å². The SMILES string of the molecule is Cc1ccc(C(=O)NC[C@@H]2COC[C@@H](O)[C@H]2O)cn1. The number of hydrogen-bond donors (Lipinski definition) is 3. The number of pyridine rings is 1. The minimum atomic E-state index is -0.892. The van der Waals surface area contributed by atoms with E-state index >= 15 is 0 Å². The Hall–Kier alpha value is -1.50. The van der Waals surface area contributed by atoms with Crippen LogP contribution in [-0.4, -0.2) is 53.1 Å². The fourth-order valence-electron chi connectivity index (χ4n) is 1.96. The molecule has 0 unspecified atom stereocenters. The molecule has 1 saturated heterocycles. The Bertz CT molecular complexity index is 435. The molecule has 3 atom stereocenters. The second kappa shape index (κ2) is 6.10. The van der Waals surface area contributed by atoms with Crippen molar-refractivity contribution in [3.05, 3.63) is 29.6 Å². The molecule has 19 heavy (non-hydrogen) atoms. The molecule has 2 heterocycles. The van der Waals surface area contributed by atoms with Gasteiger partial charge in [0.1, 0.15) is 6.10 Å². The zero-order chi connectivity index (χ0) is 13.8. The average molecular weight is 266 g/mol. The van der Waals surface area contributed by atoms with E-state index in [1.54, 1.807) is 12.1 Å². The summed E-state index contributed by atoms with van der Waals surface area (Å²) in [5.74, 6) is -0.550. The minimum absolute atomic E-state index is 0.132. The van der Waals surface area contributed by atoms with Gasteiger partial charge in [0, 0.05) is 24.4 Å². The molecule has 104 valence electrons. The van der Waals surface area contributed by atoms with Crippen LogP contribution >= 0.6 is 0 Å². The molecule has 1 aromatic heterocycles. The van der Waals surface area contributed by atoms with Gasteiger partial charge in [0.15, 0.2) is 0 Å². The van der Waals surface area contributed by atoms with E-state index in [9.17, 15) is 15.0 Å². The van der Waals surface area contributed by atoms with E-state index in [-0.39, 0.29) is 25.0 Å². The predicted molar refractivity (Wildman–Crippen MR) is 67.6 cm³/mol. The normalized spacial score (nSPS) is 27.0. The number of aliphatic hydroxyl groups excluding tert-OH is 2. The summed E-state index contributed by atoms with van der Waals surface area (Å²) in [6, 6.07) is 3.46. The molecule has 0 radical (unpaired) electrons. The Morgan fingerprint density at radius 2 is 2.26 bits per heavy atom. The van der Waals surface area contributed by atoms with Crippen molar-refractivity contribution in [3.63, 3.8) is 0 Å². The number of hydrogen-bond acceptors (Lipinski definition) is 5. The number of carbonyl (C=O) groups is 1. The lowest BCUT2D eigenvalue weighted by molar-refractivity contribution is -0.118. The molecule has 3 N–H and O–H groups in total. The Morgan fingerprint density at radius 1 is 1.47 bits per heavy atom. The fraction of sp³-hybridized carbons (Fsp3) is 0.538. The van der Waals surface area contributed by atoms with Crippen molar-refractivity contribution in [2.24, 2.45) is 5.92 Å². The number of aryl methyl sites for hydroxylation is 1. The third-order valence-corrected chi connectivity index (χ3v) is 3.20. The number of aromatic nitrogens is 1. The van der Waals surface area contributed by atoms with Gasteiger partial charge in [0.25, 0.3) is 5.91 Å². The first kappa shape index (κ1) is 13.9. The second-order valence-electron chi connectivity index (χ2n) is 4.75. The number of rotatable bonds is 3. The highest BCUT2D eigenvalue weighted by atomic mass is 16.5. The summed E-state index contributed by atoms with van der Waals surface area (Å²) in [7, 11) is 0. The Labute approximate surface area is 111 Å². The lowest BCUT2D eigenvalue weighted by Gasteiger charge is -2.31. The van der Waals surface area contributed by atoms with Gasteiger partial charge >= 0.3 is 0 Å². The van der Waals surface area contributed by atoms with Crippen LogP contribution < -0.4 is 5.32 Å². The van der Waals surface area contributed by atoms with Crippen molar-refractivity contribution >= 4 is 5.91 Å². The van der Waals surface area contributed by atoms with Crippen LogP contribution in [0.5, 0.6) is 0 Å². The molecule has 0 bridgehead atoms. The summed E-state index contributed by atoms with van der Waals surface area (Å²) >= 11 is 0. The van der Waals surface area contributed by atoms with Crippen molar-refractivity contribution in [1.29, 1.82) is 0 Å². The quantitative estimate of drug-likeness (QED) is 0.685. The average Bonchev–Trinajstić information content (AvgIpc) is 2.41. The number of carbonyl (C=O) groups excluding carboxylic acids is 1. The van der Waals surface area contributed by atoms with Crippen molar-refractivity contribution in [3.8, 4) is 0 Å². The minimum Gasteiger partial charge on any atom is -0.390 e. The number of nitrogens with one attached hydrogen (secondary N) is 1. The van der Waals surface area contributed by atoms with E-state index in [0.29, 0.717) is 12.2 Å². The van der Waals surface area contributed by atoms with Crippen molar-refractivity contribution in [1.82, 2.24) is 10.3 Å². The highest BCUT2D eigenvalue weighted by molar-refractivity contribution is 5.93. The number of ether oxygens (including phenoxy) is 1. The van der Waals surface area contributed by atoms with Crippen LogP contribution in [0, 0.1) is 12.8 Å². The highest BCUT2D eigenvalue weighted by Gasteiger charge is 2.31. The molecule has 6 nitrogen and oxygen atoms in total. The maximum atomic E-state index is 11.9. The topological polar surface area (TPSA) is 91.7 Å². The molecule has 1 aliphatic rings. The Kier molecular flexibility index (Phi) is 4.47. The number of aliphatic hydroxyl groups is 2. The lowest BCUT2D eigenvalue weighted by Crippen LogP contribution is -2.48. The summed E-state index contributed by atoms with van der Waals surface area (Å²) in [4.78, 5) is 15.9. The third-order valence-electron chi connectivity index (χ3n) is 3.20. The lowest BCUT2D eigenvalue weighted by atomic mass is 9.96. The monoisotopic (exact) mass is 266 g/mol. The third kappa shape index (κ3) is 3.50. The molecular weight excluding hydrogens is 248 g/mol. The first-order valence-corrected chi connectivity index (χ1v) is 6.22. The summed E-state index contributed by atoms with van der Waals surface area (Å²) in [5.41, 5.74) is 1.31. The van der Waals surface area contributed by atoms with Crippen LogP contribution in [0.3, 0.4) is 0 Å². The molecule has 1 aliphatic heterocycles. The van der Waals surface area contributed by atoms with Gasteiger partial charge in [-0.2, -0.15) is 0 Å². The van der Waals surface area contributed by atoms with Crippen LogP contribution in [0.25, 0.3) is 0 Å². The van der Waals surface area contributed by atoms with E-state index in [1.165, 1.54) is 6.20 Å². The van der Waals surface area contributed by atoms with Crippen LogP contribution in [0.2, 0.25) is 0 Å². The van der Waals surface area contributed by atoms with E-state index in [0.717, 1.165) is 5.69 Å². The molecule has 1 aromatic rings. The molecule has 0 aromatic carbocycles. The number of nitrogens with zero attached hydrogens (tertiary/aromatic N) is 1. The zero-order valence-corrected chi connectivity index (χ0v) is 10.7. The maximum absolute atomic E-state index is 11.9. The van der Waals surface area contributed by atoms with E-state index < -0.39 is 12.2 Å². The zero-order valence-electron chi connectivity index (χ0n) is 10.7. The molecule has 1 amide bonds. The second-order valence-corrected chi connectivity index (χ2v) is 4.75. The van der Waals surface area contributed by atoms with Gasteiger partial charge in [0.05, 0.1) is 24.9 Å². The summed E-state index contributed by atoms with van der Waals surface area (Å²) in [5, 5.41) is 21.9. The van der Waals surface area contributed by atoms with Crippen LogP contribution in [0.15, 0.2) is 18.3 Å². The number of amides is 1. The molecule has 2 rings (SSSR count). The maximum Gasteiger partial charge on any atom is 0.252 e. The van der Waals surface area contributed by atoms with Crippen molar-refractivity contribution in [2.75, 3.05) is 19.8 Å². The van der Waals surface area contributed by atoms with Gasteiger partial charge in [-0.05, 0) is 19.1 Å². The van der Waals surface area contributed by atoms with Crippen molar-refractivity contribution in [2.45, 2.75) is 19.1 Å². The summed E-state index contributed by atoms with van der Waals surface area (Å²) < 4.78 is 5.14. The Balaban J connectivity index is 1.88. The van der Waals surface area contributed by atoms with E-state index in [4.69, 9.17) is 4.74 Å². The molecular formula is C13H18N2O4. The van der Waals surface area contributed by atoms with Gasteiger partial charge in [-0.3, -0.25) is 9.78 Å².